The largest absolute Gasteiger partial charge is 0.490 e. The summed E-state index contributed by atoms with van der Waals surface area (Å²) in [6.45, 7) is 21.3. The van der Waals surface area contributed by atoms with Crippen LogP contribution in [0, 0.1) is 19.8 Å². The van der Waals surface area contributed by atoms with E-state index in [9.17, 15) is 0 Å². The number of hydrogen-bond donors (Lipinski definition) is 0. The number of benzene rings is 4. The molecule has 0 saturated carbocycles. The zero-order valence-corrected chi connectivity index (χ0v) is 28.0. The van der Waals surface area contributed by atoms with Crippen LogP contribution in [0.1, 0.15) is 33.7 Å². The summed E-state index contributed by atoms with van der Waals surface area (Å²) in [5.41, 5.74) is 8.85. The van der Waals surface area contributed by atoms with Crippen molar-refractivity contribution in [3.05, 3.63) is 176 Å². The summed E-state index contributed by atoms with van der Waals surface area (Å²) in [6.07, 6.45) is 13.9. The summed E-state index contributed by atoms with van der Waals surface area (Å²) in [4.78, 5) is 0. The molecule has 4 nitrogen and oxygen atoms in total. The van der Waals surface area contributed by atoms with E-state index < -0.39 is 0 Å². The van der Waals surface area contributed by atoms with E-state index in [2.05, 4.69) is 113 Å². The molecule has 0 aliphatic heterocycles. The molecule has 1 aliphatic carbocycles. The molecule has 0 fully saturated rings. The quantitative estimate of drug-likeness (QED) is 0.108. The van der Waals surface area contributed by atoms with E-state index in [0.717, 1.165) is 62.0 Å². The van der Waals surface area contributed by atoms with Crippen LogP contribution in [-0.4, -0.2) is 26.4 Å². The summed E-state index contributed by atoms with van der Waals surface area (Å²) >= 11 is 0. The zero-order valence-electron chi connectivity index (χ0n) is 28.0. The first-order valence-corrected chi connectivity index (χ1v) is 16.3. The normalized spacial score (nSPS) is 14.0. The smallest absolute Gasteiger partial charge is 0.126 e. The lowest BCUT2D eigenvalue weighted by Crippen LogP contribution is -2.15. The molecule has 0 spiro atoms. The second-order valence-corrected chi connectivity index (χ2v) is 11.7. The highest BCUT2D eigenvalue weighted by molar-refractivity contribution is 5.78. The van der Waals surface area contributed by atoms with Crippen molar-refractivity contribution in [2.24, 2.45) is 5.92 Å². The van der Waals surface area contributed by atoms with Crippen molar-refractivity contribution in [2.75, 3.05) is 26.4 Å². The molecule has 4 heteroatoms. The molecule has 0 N–H and O–H groups in total. The molecule has 5 rings (SSSR count). The fourth-order valence-electron chi connectivity index (χ4n) is 6.12. The molecule has 4 aromatic rings. The Bertz CT molecular complexity index is 1810. The minimum Gasteiger partial charge on any atom is -0.490 e. The van der Waals surface area contributed by atoms with E-state index in [4.69, 9.17) is 18.9 Å². The first-order chi connectivity index (χ1) is 23.4. The van der Waals surface area contributed by atoms with Gasteiger partial charge in [-0.15, -0.1) is 0 Å². The van der Waals surface area contributed by atoms with Gasteiger partial charge in [-0.05, 0) is 78.1 Å². The number of allylic oxidation sites excluding steroid dienone is 4. The molecule has 244 valence electrons. The van der Waals surface area contributed by atoms with Crippen LogP contribution >= 0.6 is 0 Å². The first kappa shape index (κ1) is 33.9. The van der Waals surface area contributed by atoms with Gasteiger partial charge in [-0.25, -0.2) is 0 Å². The average molecular weight is 637 g/mol. The van der Waals surface area contributed by atoms with Crippen molar-refractivity contribution in [1.29, 1.82) is 0 Å². The lowest BCUT2D eigenvalue weighted by molar-refractivity contribution is 0.347. The lowest BCUT2D eigenvalue weighted by Gasteiger charge is -2.28. The highest BCUT2D eigenvalue weighted by Gasteiger charge is 2.31. The van der Waals surface area contributed by atoms with Crippen molar-refractivity contribution in [3.63, 3.8) is 0 Å². The summed E-state index contributed by atoms with van der Waals surface area (Å²) in [5.74, 6) is 3.19. The molecule has 2 atom stereocenters. The Morgan fingerprint density at radius 1 is 0.604 bits per heavy atom. The molecule has 0 saturated heterocycles. The summed E-state index contributed by atoms with van der Waals surface area (Å²) in [7, 11) is 0. The van der Waals surface area contributed by atoms with E-state index in [-0.39, 0.29) is 11.8 Å². The molecule has 4 aromatic carbocycles. The highest BCUT2D eigenvalue weighted by atomic mass is 16.5. The second-order valence-electron chi connectivity index (χ2n) is 11.7. The van der Waals surface area contributed by atoms with Crippen LogP contribution in [0.4, 0.5) is 0 Å². The van der Waals surface area contributed by atoms with Gasteiger partial charge >= 0.3 is 0 Å². The van der Waals surface area contributed by atoms with Crippen molar-refractivity contribution in [2.45, 2.75) is 19.8 Å². The summed E-state index contributed by atoms with van der Waals surface area (Å²) in [6, 6.07) is 27.2. The van der Waals surface area contributed by atoms with Gasteiger partial charge in [0.1, 0.15) is 49.4 Å². The standard InChI is InChI=1S/C44H44O4/c1-7-23-45-38-18-13-33(14-19-38)35-11-12-37(29-35)43(41-28-31(5)27-32(6)44(41)48-26-10-4)40-30-36(17-22-42(40)47-25-9-3)34-15-20-39(21-16-34)46-24-8-2/h7-22,27-30,37,43H,1-4,23-26H2,5-6H3. The second kappa shape index (κ2) is 16.4. The maximum absolute atomic E-state index is 6.41. The maximum atomic E-state index is 6.41. The van der Waals surface area contributed by atoms with Crippen LogP contribution < -0.4 is 18.9 Å². The first-order valence-electron chi connectivity index (χ1n) is 16.3. The third-order valence-corrected chi connectivity index (χ3v) is 8.20. The van der Waals surface area contributed by atoms with Gasteiger partial charge in [-0.1, -0.05) is 117 Å². The number of ether oxygens (including phenoxy) is 4. The Balaban J connectivity index is 1.65. The molecule has 0 bridgehead atoms. The fraction of sp³-hybridized carbons (Fsp3) is 0.182. The number of rotatable bonds is 17. The molecule has 2 unspecified atom stereocenters. The van der Waals surface area contributed by atoms with Crippen molar-refractivity contribution >= 4 is 5.57 Å². The lowest BCUT2D eigenvalue weighted by atomic mass is 9.78. The Kier molecular flexibility index (Phi) is 11.6. The zero-order chi connectivity index (χ0) is 33.9. The summed E-state index contributed by atoms with van der Waals surface area (Å²) < 4.78 is 24.2. The van der Waals surface area contributed by atoms with E-state index in [0.29, 0.717) is 26.4 Å². The Labute approximate surface area is 285 Å². The van der Waals surface area contributed by atoms with Crippen molar-refractivity contribution < 1.29 is 18.9 Å². The Morgan fingerprint density at radius 3 is 1.79 bits per heavy atom. The van der Waals surface area contributed by atoms with Gasteiger partial charge in [0.2, 0.25) is 0 Å². The minimum atomic E-state index is -0.123. The molecule has 0 aromatic heterocycles. The van der Waals surface area contributed by atoms with E-state index in [1.807, 2.05) is 24.3 Å². The molecular formula is C44H44O4. The van der Waals surface area contributed by atoms with Crippen LogP contribution in [0.3, 0.4) is 0 Å². The van der Waals surface area contributed by atoms with Crippen LogP contribution in [0.2, 0.25) is 0 Å². The molecule has 1 aliphatic rings. The molecule has 0 heterocycles. The van der Waals surface area contributed by atoms with E-state index >= 15 is 0 Å². The van der Waals surface area contributed by atoms with Crippen molar-refractivity contribution in [1.82, 2.24) is 0 Å². The SMILES string of the molecule is C=CCOc1ccc(C2=CC(C(c3cc(-c4ccc(OCC=C)cc4)ccc3OCC=C)c3cc(C)cc(C)c3OCC=C)C=C2)cc1. The fourth-order valence-corrected chi connectivity index (χ4v) is 6.12. The Hall–Kier alpha value is -5.48. The molecular weight excluding hydrogens is 592 g/mol. The third kappa shape index (κ3) is 8.08. The maximum Gasteiger partial charge on any atom is 0.126 e. The number of hydrogen-bond acceptors (Lipinski definition) is 4. The van der Waals surface area contributed by atoms with Crippen LogP contribution in [-0.2, 0) is 0 Å². The topological polar surface area (TPSA) is 36.9 Å². The third-order valence-electron chi connectivity index (χ3n) is 8.20. The van der Waals surface area contributed by atoms with Gasteiger partial charge in [0.25, 0.3) is 0 Å². The van der Waals surface area contributed by atoms with Crippen LogP contribution in [0.15, 0.2) is 148 Å². The molecule has 0 amide bonds. The van der Waals surface area contributed by atoms with Gasteiger partial charge < -0.3 is 18.9 Å². The Morgan fingerprint density at radius 2 is 1.17 bits per heavy atom. The van der Waals surface area contributed by atoms with Gasteiger partial charge in [0.05, 0.1) is 0 Å². The monoisotopic (exact) mass is 636 g/mol. The molecule has 0 radical (unpaired) electrons. The number of aryl methyl sites for hydroxylation is 2. The van der Waals surface area contributed by atoms with Crippen LogP contribution in [0.25, 0.3) is 16.7 Å². The van der Waals surface area contributed by atoms with Gasteiger partial charge in [-0.2, -0.15) is 0 Å². The van der Waals surface area contributed by atoms with Crippen molar-refractivity contribution in [3.8, 4) is 34.1 Å². The minimum absolute atomic E-state index is 0.0139. The molecule has 48 heavy (non-hydrogen) atoms. The average Bonchev–Trinajstić information content (AvgIpc) is 3.59. The van der Waals surface area contributed by atoms with Gasteiger partial charge in [0.15, 0.2) is 0 Å². The highest BCUT2D eigenvalue weighted by Crippen LogP contribution is 2.47. The van der Waals surface area contributed by atoms with E-state index in [1.165, 1.54) is 5.56 Å². The van der Waals surface area contributed by atoms with Gasteiger partial charge in [0, 0.05) is 23.0 Å². The summed E-state index contributed by atoms with van der Waals surface area (Å²) in [5, 5.41) is 0. The van der Waals surface area contributed by atoms with Gasteiger partial charge in [-0.3, -0.25) is 0 Å². The predicted molar refractivity (Wildman–Crippen MR) is 199 cm³/mol. The van der Waals surface area contributed by atoms with Crippen LogP contribution in [0.5, 0.6) is 23.0 Å². The predicted octanol–water partition coefficient (Wildman–Crippen LogP) is 10.6. The van der Waals surface area contributed by atoms with E-state index in [1.54, 1.807) is 24.3 Å².